The molecule has 4 rings (SSSR count). The molecule has 2 amide bonds. The van der Waals surface area contributed by atoms with Crippen LogP contribution in [0.5, 0.6) is 5.75 Å². The fourth-order valence-electron chi connectivity index (χ4n) is 4.57. The van der Waals surface area contributed by atoms with Crippen LogP contribution in [0.25, 0.3) is 17.5 Å². The lowest BCUT2D eigenvalue weighted by molar-refractivity contribution is -0.139. The minimum Gasteiger partial charge on any atom is -0.489 e. The van der Waals surface area contributed by atoms with E-state index in [1.165, 1.54) is 35.3 Å². The summed E-state index contributed by atoms with van der Waals surface area (Å²) in [4.78, 5) is 32.8. The van der Waals surface area contributed by atoms with Gasteiger partial charge in [-0.25, -0.2) is 9.59 Å². The van der Waals surface area contributed by atoms with E-state index in [0.29, 0.717) is 12.8 Å². The van der Waals surface area contributed by atoms with Gasteiger partial charge in [-0.3, -0.25) is 5.32 Å². The standard InChI is InChI=1S/C30H29F6N5O6/c1-28(2,3)46-27(44)39-25(38-26(42)43)41-13-5-10-21(41)24-37-23(40-47-24)18-11-12-22(20(16-18)30(34,35)36)45-14-6-8-17-7-4-9-19(15-17)29(31,32)33/h4,6-9,11-12,15-16,21H,5,10,13-14H2,1-3H3,(H,42,43)(H,38,39,44)/t21-/m0/s1. The summed E-state index contributed by atoms with van der Waals surface area (Å²) in [7, 11) is 0. The first-order valence-corrected chi connectivity index (χ1v) is 14.0. The second-order valence-corrected chi connectivity index (χ2v) is 11.2. The number of guanidine groups is 1. The Morgan fingerprint density at radius 3 is 2.51 bits per heavy atom. The number of benzene rings is 2. The number of halogens is 6. The fourth-order valence-corrected chi connectivity index (χ4v) is 4.57. The van der Waals surface area contributed by atoms with Crippen molar-refractivity contribution in [2.45, 2.75) is 57.6 Å². The van der Waals surface area contributed by atoms with Gasteiger partial charge in [-0.15, -0.1) is 4.99 Å². The van der Waals surface area contributed by atoms with Crippen LogP contribution in [0.4, 0.5) is 35.9 Å². The van der Waals surface area contributed by atoms with Crippen molar-refractivity contribution in [2.24, 2.45) is 4.99 Å². The molecule has 17 heteroatoms. The van der Waals surface area contributed by atoms with Gasteiger partial charge in [-0.05, 0) is 75.6 Å². The highest BCUT2D eigenvalue weighted by Crippen LogP contribution is 2.39. The molecule has 3 aromatic rings. The number of ether oxygens (including phenoxy) is 2. The number of carbonyl (C=O) groups is 2. The quantitative estimate of drug-likeness (QED) is 0.155. The number of amides is 2. The molecule has 2 aromatic carbocycles. The highest BCUT2D eigenvalue weighted by Gasteiger charge is 2.37. The Hall–Kier alpha value is -5.09. The van der Waals surface area contributed by atoms with Crippen LogP contribution in [0.1, 0.15) is 62.2 Å². The molecule has 0 spiro atoms. The van der Waals surface area contributed by atoms with Gasteiger partial charge in [0.2, 0.25) is 17.7 Å². The molecule has 2 N–H and O–H groups in total. The topological polar surface area (TPSA) is 139 Å². The first kappa shape index (κ1) is 34.8. The molecule has 0 radical (unpaired) electrons. The average Bonchev–Trinajstić information content (AvgIpc) is 3.63. The maximum atomic E-state index is 14.0. The van der Waals surface area contributed by atoms with Crippen LogP contribution in [-0.4, -0.2) is 57.0 Å². The summed E-state index contributed by atoms with van der Waals surface area (Å²) in [6.07, 6.45) is -8.52. The van der Waals surface area contributed by atoms with E-state index in [1.807, 2.05) is 0 Å². The number of hydrogen-bond acceptors (Lipinski definition) is 7. The van der Waals surface area contributed by atoms with Crippen molar-refractivity contribution < 1.29 is 55.0 Å². The van der Waals surface area contributed by atoms with E-state index >= 15 is 0 Å². The Balaban J connectivity index is 1.52. The molecule has 1 aliphatic rings. The van der Waals surface area contributed by atoms with Crippen LogP contribution in [0.2, 0.25) is 0 Å². The number of rotatable bonds is 6. The molecule has 0 unspecified atom stereocenters. The third-order valence-corrected chi connectivity index (χ3v) is 6.47. The second kappa shape index (κ2) is 13.7. The minimum absolute atomic E-state index is 0.0600. The van der Waals surface area contributed by atoms with Crippen molar-refractivity contribution in [3.05, 3.63) is 71.1 Å². The van der Waals surface area contributed by atoms with Crippen molar-refractivity contribution >= 4 is 24.2 Å². The molecule has 1 fully saturated rings. The Morgan fingerprint density at radius 2 is 1.85 bits per heavy atom. The van der Waals surface area contributed by atoms with E-state index in [-0.39, 0.29) is 42.0 Å². The van der Waals surface area contributed by atoms with Gasteiger partial charge < -0.3 is 24.0 Å². The lowest BCUT2D eigenvalue weighted by Crippen LogP contribution is -2.46. The van der Waals surface area contributed by atoms with Gasteiger partial charge >= 0.3 is 24.5 Å². The third-order valence-electron chi connectivity index (χ3n) is 6.47. The molecule has 2 heterocycles. The van der Waals surface area contributed by atoms with Crippen molar-refractivity contribution in [1.82, 2.24) is 20.4 Å². The molecule has 0 aliphatic carbocycles. The van der Waals surface area contributed by atoms with Crippen LogP contribution < -0.4 is 10.1 Å². The molecule has 11 nitrogen and oxygen atoms in total. The summed E-state index contributed by atoms with van der Waals surface area (Å²) in [5.41, 5.74) is -2.80. The molecule has 252 valence electrons. The van der Waals surface area contributed by atoms with Gasteiger partial charge in [0.25, 0.3) is 0 Å². The molecule has 1 aliphatic heterocycles. The van der Waals surface area contributed by atoms with Crippen LogP contribution in [0.3, 0.4) is 0 Å². The summed E-state index contributed by atoms with van der Waals surface area (Å²) in [6.45, 7) is 4.70. The monoisotopic (exact) mass is 669 g/mol. The predicted molar refractivity (Wildman–Crippen MR) is 154 cm³/mol. The molecule has 1 aromatic heterocycles. The summed E-state index contributed by atoms with van der Waals surface area (Å²) in [5.74, 6) is -1.15. The van der Waals surface area contributed by atoms with Crippen LogP contribution in [0.15, 0.2) is 58.1 Å². The lowest BCUT2D eigenvalue weighted by Gasteiger charge is -2.26. The van der Waals surface area contributed by atoms with E-state index < -0.39 is 53.1 Å². The molecule has 47 heavy (non-hydrogen) atoms. The number of hydrogen-bond donors (Lipinski definition) is 2. The Labute approximate surface area is 263 Å². The van der Waals surface area contributed by atoms with Gasteiger partial charge in [0.15, 0.2) is 0 Å². The first-order valence-electron chi connectivity index (χ1n) is 14.0. The number of carboxylic acid groups (broad SMARTS) is 1. The molecule has 1 atom stereocenters. The van der Waals surface area contributed by atoms with E-state index in [9.17, 15) is 41.0 Å². The smallest absolute Gasteiger partial charge is 0.434 e. The number of nitrogens with zero attached hydrogens (tertiary/aromatic N) is 4. The number of nitrogens with one attached hydrogen (secondary N) is 1. The predicted octanol–water partition coefficient (Wildman–Crippen LogP) is 7.56. The molecule has 0 bridgehead atoms. The number of carbonyl (C=O) groups excluding carboxylic acids is 1. The Morgan fingerprint density at radius 1 is 1.11 bits per heavy atom. The first-order chi connectivity index (χ1) is 21.9. The van der Waals surface area contributed by atoms with Gasteiger partial charge in [-0.1, -0.05) is 23.4 Å². The maximum Gasteiger partial charge on any atom is 0.434 e. The summed E-state index contributed by atoms with van der Waals surface area (Å²) >= 11 is 0. The van der Waals surface area contributed by atoms with E-state index in [4.69, 9.17) is 14.0 Å². The van der Waals surface area contributed by atoms with Gasteiger partial charge in [0, 0.05) is 12.1 Å². The Bertz CT molecular complexity index is 1660. The summed E-state index contributed by atoms with van der Waals surface area (Å²) < 4.78 is 96.6. The van der Waals surface area contributed by atoms with Crippen LogP contribution >= 0.6 is 0 Å². The van der Waals surface area contributed by atoms with Crippen molar-refractivity contribution in [2.75, 3.05) is 13.2 Å². The van der Waals surface area contributed by atoms with Crippen molar-refractivity contribution in [1.29, 1.82) is 0 Å². The number of alkyl carbamates (subject to hydrolysis) is 1. The minimum atomic E-state index is -4.86. The zero-order chi connectivity index (χ0) is 34.6. The van der Waals surface area contributed by atoms with Crippen molar-refractivity contribution in [3.8, 4) is 17.1 Å². The molecule has 1 saturated heterocycles. The summed E-state index contributed by atoms with van der Waals surface area (Å²) in [5, 5.41) is 15.4. The second-order valence-electron chi connectivity index (χ2n) is 11.2. The van der Waals surface area contributed by atoms with E-state index in [0.717, 1.165) is 24.3 Å². The fraction of sp³-hybridized carbons (Fsp3) is 0.367. The van der Waals surface area contributed by atoms with Crippen molar-refractivity contribution in [3.63, 3.8) is 0 Å². The number of aliphatic imine (C=N–C) groups is 1. The van der Waals surface area contributed by atoms with Gasteiger partial charge in [0.1, 0.15) is 24.0 Å². The number of likely N-dealkylation sites (tertiary alicyclic amines) is 1. The molecular formula is C30H29F6N5O6. The third kappa shape index (κ3) is 9.46. The highest BCUT2D eigenvalue weighted by atomic mass is 19.4. The average molecular weight is 670 g/mol. The van der Waals surface area contributed by atoms with Gasteiger partial charge in [0.05, 0.1) is 11.1 Å². The van der Waals surface area contributed by atoms with Gasteiger partial charge in [-0.2, -0.15) is 31.3 Å². The van der Waals surface area contributed by atoms with E-state index in [2.05, 4.69) is 20.4 Å². The largest absolute Gasteiger partial charge is 0.489 e. The number of aromatic nitrogens is 2. The molecule has 0 saturated carbocycles. The van der Waals surface area contributed by atoms with Crippen LogP contribution in [0, 0.1) is 0 Å². The van der Waals surface area contributed by atoms with Crippen LogP contribution in [-0.2, 0) is 17.1 Å². The molecular weight excluding hydrogens is 640 g/mol. The normalized spacial score (nSPS) is 16.1. The highest BCUT2D eigenvalue weighted by molar-refractivity contribution is 5.98. The zero-order valence-corrected chi connectivity index (χ0v) is 25.1. The maximum absolute atomic E-state index is 14.0. The number of alkyl halides is 6. The zero-order valence-electron chi connectivity index (χ0n) is 25.1. The summed E-state index contributed by atoms with van der Waals surface area (Å²) in [6, 6.07) is 6.72. The SMILES string of the molecule is CC(C)(C)OC(=O)NC(=NC(=O)O)N1CCC[C@H]1c1nc(-c2ccc(OCC=Cc3cccc(C(F)(F)F)c3)c(C(F)(F)F)c2)no1. The van der Waals surface area contributed by atoms with E-state index in [1.54, 1.807) is 20.8 Å². The lowest BCUT2D eigenvalue weighted by atomic mass is 10.1. The Kier molecular flexibility index (Phi) is 10.2.